The molecule has 8 nitrogen and oxygen atoms in total. The third kappa shape index (κ3) is 6.09. The van der Waals surface area contributed by atoms with Crippen LogP contribution in [0.4, 0.5) is 5.69 Å². The van der Waals surface area contributed by atoms with Crippen LogP contribution in [0.2, 0.25) is 0 Å². The maximum Gasteiger partial charge on any atom is 0.264 e. The number of para-hydroxylation sites is 1. The van der Waals surface area contributed by atoms with Crippen molar-refractivity contribution in [2.24, 2.45) is 5.10 Å². The van der Waals surface area contributed by atoms with Gasteiger partial charge >= 0.3 is 0 Å². The van der Waals surface area contributed by atoms with Crippen LogP contribution in [0.3, 0.4) is 0 Å². The topological polar surface area (TPSA) is 97.3 Å². The molecule has 178 valence electrons. The highest BCUT2D eigenvalue weighted by Crippen LogP contribution is 2.32. The second-order valence-corrected chi connectivity index (χ2v) is 9.67. The number of nitrogens with zero attached hydrogens (tertiary/aromatic N) is 2. The molecule has 0 fully saturated rings. The van der Waals surface area contributed by atoms with E-state index >= 15 is 0 Å². The van der Waals surface area contributed by atoms with Crippen molar-refractivity contribution in [3.8, 4) is 11.5 Å². The molecule has 0 heterocycles. The molecule has 1 N–H and O–H groups in total. The molecular weight excluding hydrogens is 474 g/mol. The molecule has 3 aromatic carbocycles. The van der Waals surface area contributed by atoms with Crippen molar-refractivity contribution in [2.45, 2.75) is 9.79 Å². The highest BCUT2D eigenvalue weighted by molar-refractivity contribution is 7.98. The molecule has 1 amide bonds. The van der Waals surface area contributed by atoms with E-state index in [-0.39, 0.29) is 10.6 Å². The van der Waals surface area contributed by atoms with Crippen LogP contribution in [-0.2, 0) is 14.8 Å². The largest absolute Gasteiger partial charge is 0.493 e. The number of sulfonamides is 1. The molecule has 0 bridgehead atoms. The van der Waals surface area contributed by atoms with Gasteiger partial charge in [-0.3, -0.25) is 9.10 Å². The van der Waals surface area contributed by atoms with Crippen molar-refractivity contribution in [2.75, 3.05) is 31.3 Å². The van der Waals surface area contributed by atoms with Gasteiger partial charge in [-0.15, -0.1) is 11.8 Å². The first-order valence-electron chi connectivity index (χ1n) is 10.1. The summed E-state index contributed by atoms with van der Waals surface area (Å²) < 4.78 is 38.5. The van der Waals surface area contributed by atoms with E-state index in [0.717, 1.165) is 14.8 Å². The molecule has 0 aliphatic heterocycles. The molecule has 0 radical (unpaired) electrons. The minimum atomic E-state index is -4.11. The van der Waals surface area contributed by atoms with Gasteiger partial charge in [-0.1, -0.05) is 30.3 Å². The normalized spacial score (nSPS) is 11.3. The van der Waals surface area contributed by atoms with Crippen LogP contribution in [-0.4, -0.2) is 47.6 Å². The molecular formula is C24H25N3O5S2. The Morgan fingerprint density at radius 3 is 2.29 bits per heavy atom. The number of carbonyl (C=O) groups is 1. The number of carbonyl (C=O) groups excluding carboxylic acids is 1. The summed E-state index contributed by atoms with van der Waals surface area (Å²) in [5, 5.41) is 3.96. The SMILES string of the molecule is COc1ccc(S(=O)(=O)N(CC(=O)N/N=C\c2ccc(SC)cc2)c2ccccc2)cc1OC. The first kappa shape index (κ1) is 25.1. The van der Waals surface area contributed by atoms with Gasteiger partial charge in [0.25, 0.3) is 15.9 Å². The molecule has 0 unspecified atom stereocenters. The number of hydrogen-bond acceptors (Lipinski definition) is 7. The first-order valence-corrected chi connectivity index (χ1v) is 12.8. The van der Waals surface area contributed by atoms with Crippen LogP contribution in [0.1, 0.15) is 5.56 Å². The maximum absolute atomic E-state index is 13.5. The number of nitrogens with one attached hydrogen (secondary N) is 1. The van der Waals surface area contributed by atoms with Gasteiger partial charge in [-0.05, 0) is 48.2 Å². The predicted molar refractivity (Wildman–Crippen MR) is 134 cm³/mol. The van der Waals surface area contributed by atoms with Gasteiger partial charge < -0.3 is 9.47 Å². The second kappa shape index (κ2) is 11.6. The minimum Gasteiger partial charge on any atom is -0.493 e. The monoisotopic (exact) mass is 499 g/mol. The van der Waals surface area contributed by atoms with Gasteiger partial charge in [0.15, 0.2) is 11.5 Å². The molecule has 0 aliphatic rings. The summed E-state index contributed by atoms with van der Waals surface area (Å²) in [5.74, 6) is 0.0633. The van der Waals surface area contributed by atoms with E-state index < -0.39 is 22.5 Å². The van der Waals surface area contributed by atoms with Crippen molar-refractivity contribution < 1.29 is 22.7 Å². The molecule has 0 aliphatic carbocycles. The van der Waals surface area contributed by atoms with E-state index in [2.05, 4.69) is 10.5 Å². The van der Waals surface area contributed by atoms with Crippen LogP contribution in [0.25, 0.3) is 0 Å². The summed E-state index contributed by atoms with van der Waals surface area (Å²) in [7, 11) is -1.23. The minimum absolute atomic E-state index is 0.0424. The maximum atomic E-state index is 13.5. The number of thioether (sulfide) groups is 1. The molecule has 0 atom stereocenters. The molecule has 0 spiro atoms. The lowest BCUT2D eigenvalue weighted by Crippen LogP contribution is -2.39. The number of anilines is 1. The highest BCUT2D eigenvalue weighted by Gasteiger charge is 2.28. The van der Waals surface area contributed by atoms with Gasteiger partial charge in [0, 0.05) is 11.0 Å². The smallest absolute Gasteiger partial charge is 0.264 e. The summed E-state index contributed by atoms with van der Waals surface area (Å²) in [6, 6.07) is 20.3. The Labute approximate surface area is 203 Å². The van der Waals surface area contributed by atoms with Gasteiger partial charge in [0.1, 0.15) is 6.54 Å². The summed E-state index contributed by atoms with van der Waals surface area (Å²) >= 11 is 1.62. The third-order valence-corrected chi connectivity index (χ3v) is 7.31. The summed E-state index contributed by atoms with van der Waals surface area (Å²) in [6.07, 6.45) is 3.48. The molecule has 10 heteroatoms. The Kier molecular flexibility index (Phi) is 8.55. The Balaban J connectivity index is 1.83. The van der Waals surface area contributed by atoms with Crippen LogP contribution in [0.15, 0.2) is 87.7 Å². The molecule has 0 saturated carbocycles. The van der Waals surface area contributed by atoms with Gasteiger partial charge in [0.2, 0.25) is 0 Å². The number of benzene rings is 3. The standard InChI is InChI=1S/C24H25N3O5S2/c1-31-22-14-13-21(15-23(22)32-2)34(29,30)27(19-7-5-4-6-8-19)17-24(28)26-25-16-18-9-11-20(33-3)12-10-18/h4-16H,17H2,1-3H3,(H,26,28)/b25-16-. The fourth-order valence-corrected chi connectivity index (χ4v) is 4.89. The Hall–Kier alpha value is -3.50. The second-order valence-electron chi connectivity index (χ2n) is 6.93. The zero-order chi connectivity index (χ0) is 24.6. The van der Waals surface area contributed by atoms with E-state index in [1.54, 1.807) is 42.1 Å². The fourth-order valence-electron chi connectivity index (χ4n) is 3.05. The van der Waals surface area contributed by atoms with Gasteiger partial charge in [-0.25, -0.2) is 13.8 Å². The quantitative estimate of drug-likeness (QED) is 0.259. The number of rotatable bonds is 10. The molecule has 3 aromatic rings. The number of hydrazone groups is 1. The molecule has 3 rings (SSSR count). The number of amides is 1. The van der Waals surface area contributed by atoms with Crippen molar-refractivity contribution in [3.63, 3.8) is 0 Å². The zero-order valence-corrected chi connectivity index (χ0v) is 20.6. The lowest BCUT2D eigenvalue weighted by Gasteiger charge is -2.24. The molecule has 34 heavy (non-hydrogen) atoms. The van der Waals surface area contributed by atoms with E-state index in [1.807, 2.05) is 30.5 Å². The van der Waals surface area contributed by atoms with Crippen molar-refractivity contribution in [1.82, 2.24) is 5.43 Å². The number of hydrogen-bond donors (Lipinski definition) is 1. The van der Waals surface area contributed by atoms with E-state index in [4.69, 9.17) is 9.47 Å². The fraction of sp³-hybridized carbons (Fsp3) is 0.167. The van der Waals surface area contributed by atoms with Crippen LogP contribution >= 0.6 is 11.8 Å². The summed E-state index contributed by atoms with van der Waals surface area (Å²) in [6.45, 7) is -0.469. The van der Waals surface area contributed by atoms with Crippen molar-refractivity contribution >= 4 is 39.6 Å². The van der Waals surface area contributed by atoms with Gasteiger partial charge in [0.05, 0.1) is 31.0 Å². The van der Waals surface area contributed by atoms with Gasteiger partial charge in [-0.2, -0.15) is 5.10 Å². The Morgan fingerprint density at radius 1 is 1.00 bits per heavy atom. The zero-order valence-electron chi connectivity index (χ0n) is 19.0. The van der Waals surface area contributed by atoms with E-state index in [9.17, 15) is 13.2 Å². The predicted octanol–water partition coefficient (Wildman–Crippen LogP) is 3.77. The van der Waals surface area contributed by atoms with Crippen molar-refractivity contribution in [1.29, 1.82) is 0 Å². The summed E-state index contributed by atoms with van der Waals surface area (Å²) in [5.41, 5.74) is 3.54. The van der Waals surface area contributed by atoms with E-state index in [1.165, 1.54) is 38.6 Å². The Morgan fingerprint density at radius 2 is 1.68 bits per heavy atom. The summed E-state index contributed by atoms with van der Waals surface area (Å²) in [4.78, 5) is 13.7. The molecule has 0 aromatic heterocycles. The number of methoxy groups -OCH3 is 2. The third-order valence-electron chi connectivity index (χ3n) is 4.79. The average molecular weight is 500 g/mol. The highest BCUT2D eigenvalue weighted by atomic mass is 32.2. The number of ether oxygens (including phenoxy) is 2. The van der Waals surface area contributed by atoms with Crippen LogP contribution < -0.4 is 19.2 Å². The lowest BCUT2D eigenvalue weighted by atomic mass is 10.2. The lowest BCUT2D eigenvalue weighted by molar-refractivity contribution is -0.119. The first-order chi connectivity index (χ1) is 16.4. The van der Waals surface area contributed by atoms with Crippen LogP contribution in [0, 0.1) is 0 Å². The van der Waals surface area contributed by atoms with Crippen LogP contribution in [0.5, 0.6) is 11.5 Å². The van der Waals surface area contributed by atoms with E-state index in [0.29, 0.717) is 11.4 Å². The molecule has 0 saturated heterocycles. The Bertz CT molecular complexity index is 1250. The van der Waals surface area contributed by atoms with Crippen molar-refractivity contribution in [3.05, 3.63) is 78.4 Å². The average Bonchev–Trinajstić information content (AvgIpc) is 2.87.